The fourth-order valence-electron chi connectivity index (χ4n) is 5.73. The van der Waals surface area contributed by atoms with Crippen LogP contribution in [-0.2, 0) is 28.5 Å². The van der Waals surface area contributed by atoms with Crippen molar-refractivity contribution in [1.29, 1.82) is 0 Å². The number of carbonyl (C=O) groups is 1. The Kier molecular flexibility index (Phi) is 8.95. The Morgan fingerprint density at radius 2 is 1.79 bits per heavy atom. The van der Waals surface area contributed by atoms with Gasteiger partial charge in [-0.25, -0.2) is 0 Å². The third-order valence-corrected chi connectivity index (χ3v) is 7.85. The number of amides is 1. The summed E-state index contributed by atoms with van der Waals surface area (Å²) in [5.74, 6) is 0.900. The third-order valence-electron chi connectivity index (χ3n) is 7.85. The van der Waals surface area contributed by atoms with Crippen LogP contribution in [0, 0.1) is 0 Å². The molecule has 1 aromatic heterocycles. The number of hydrogen-bond acceptors (Lipinski definition) is 7. The lowest BCUT2D eigenvalue weighted by atomic mass is 10.0. The maximum absolute atomic E-state index is 14.3. The third kappa shape index (κ3) is 6.64. The maximum atomic E-state index is 14.3. The van der Waals surface area contributed by atoms with Gasteiger partial charge in [0.1, 0.15) is 11.5 Å². The van der Waals surface area contributed by atoms with E-state index in [4.69, 9.17) is 14.2 Å². The summed E-state index contributed by atoms with van der Waals surface area (Å²) in [7, 11) is 3.02. The smallest absolute Gasteiger partial charge is 0.418 e. The van der Waals surface area contributed by atoms with E-state index in [0.29, 0.717) is 92.4 Å². The molecule has 1 fully saturated rings. The van der Waals surface area contributed by atoms with Crippen LogP contribution in [0.15, 0.2) is 41.2 Å². The van der Waals surface area contributed by atoms with Crippen LogP contribution in [0.25, 0.3) is 16.9 Å². The van der Waals surface area contributed by atoms with Gasteiger partial charge in [0.15, 0.2) is 0 Å². The van der Waals surface area contributed by atoms with E-state index in [2.05, 4.69) is 10.4 Å². The molecule has 1 atom stereocenters. The van der Waals surface area contributed by atoms with Crippen molar-refractivity contribution in [3.8, 4) is 28.4 Å². The molecule has 9 nitrogen and oxygen atoms in total. The summed E-state index contributed by atoms with van der Waals surface area (Å²) in [6.45, 7) is 3.51. The summed E-state index contributed by atoms with van der Waals surface area (Å²) >= 11 is 0. The van der Waals surface area contributed by atoms with E-state index in [9.17, 15) is 22.8 Å². The number of fused-ring (bicyclic) bond motifs is 1. The highest BCUT2D eigenvalue weighted by Gasteiger charge is 2.36. The first-order valence-corrected chi connectivity index (χ1v) is 14.3. The van der Waals surface area contributed by atoms with Gasteiger partial charge in [0.2, 0.25) is 5.91 Å². The molecule has 5 rings (SSSR count). The number of halogens is 3. The number of nitrogens with zero attached hydrogens (tertiary/aromatic N) is 3. The predicted octanol–water partition coefficient (Wildman–Crippen LogP) is 4.55. The lowest BCUT2D eigenvalue weighted by molar-refractivity contribution is -0.137. The lowest BCUT2D eigenvalue weighted by Gasteiger charge is -2.22. The number of nitrogens with one attached hydrogen (secondary N) is 1. The molecule has 43 heavy (non-hydrogen) atoms. The van der Waals surface area contributed by atoms with Crippen molar-refractivity contribution in [2.45, 2.75) is 51.3 Å². The van der Waals surface area contributed by atoms with Crippen molar-refractivity contribution in [2.24, 2.45) is 0 Å². The van der Waals surface area contributed by atoms with Gasteiger partial charge in [-0.1, -0.05) is 0 Å². The molecule has 2 aliphatic rings. The van der Waals surface area contributed by atoms with Crippen molar-refractivity contribution < 1.29 is 32.2 Å². The minimum absolute atomic E-state index is 0.0986. The van der Waals surface area contributed by atoms with Crippen molar-refractivity contribution in [2.75, 3.05) is 45.4 Å². The summed E-state index contributed by atoms with van der Waals surface area (Å²) in [4.78, 5) is 26.7. The van der Waals surface area contributed by atoms with Crippen LogP contribution < -0.4 is 25.2 Å². The van der Waals surface area contributed by atoms with Crippen LogP contribution in [-0.4, -0.2) is 62.3 Å². The molecule has 0 bridgehead atoms. The minimum Gasteiger partial charge on any atom is -0.497 e. The molecule has 1 aliphatic heterocycles. The zero-order chi connectivity index (χ0) is 30.7. The Bertz CT molecular complexity index is 1530. The highest BCUT2D eigenvalue weighted by Crippen LogP contribution is 2.38. The summed E-state index contributed by atoms with van der Waals surface area (Å²) in [5, 5.41) is 7.31. The number of hydrogen-bond donors (Lipinski definition) is 1. The lowest BCUT2D eigenvalue weighted by Crippen LogP contribution is -2.29. The van der Waals surface area contributed by atoms with Gasteiger partial charge in [0, 0.05) is 56.0 Å². The van der Waals surface area contributed by atoms with E-state index < -0.39 is 17.3 Å². The van der Waals surface area contributed by atoms with Gasteiger partial charge in [-0.2, -0.15) is 23.0 Å². The summed E-state index contributed by atoms with van der Waals surface area (Å²) < 4.78 is 60.7. The molecule has 1 N–H and O–H groups in total. The topological polar surface area (TPSA) is 94.9 Å². The van der Waals surface area contributed by atoms with Crippen LogP contribution in [0.5, 0.6) is 11.5 Å². The normalized spacial score (nSPS) is 16.3. The van der Waals surface area contributed by atoms with Gasteiger partial charge in [0.25, 0.3) is 5.56 Å². The van der Waals surface area contributed by atoms with Gasteiger partial charge >= 0.3 is 6.18 Å². The number of rotatable bonds is 10. The predicted molar refractivity (Wildman–Crippen MR) is 155 cm³/mol. The second kappa shape index (κ2) is 12.7. The first kappa shape index (κ1) is 30.4. The quantitative estimate of drug-likeness (QED) is 0.342. The summed E-state index contributed by atoms with van der Waals surface area (Å²) in [6.07, 6.45) is -1.68. The van der Waals surface area contributed by atoms with Gasteiger partial charge in [-0.3, -0.25) is 9.59 Å². The molecule has 1 amide bonds. The van der Waals surface area contributed by atoms with Crippen molar-refractivity contribution in [3.63, 3.8) is 0 Å². The second-order valence-corrected chi connectivity index (χ2v) is 10.7. The van der Waals surface area contributed by atoms with E-state index in [1.165, 1.54) is 33.3 Å². The van der Waals surface area contributed by atoms with Crippen molar-refractivity contribution in [1.82, 2.24) is 15.1 Å². The van der Waals surface area contributed by atoms with Crippen LogP contribution >= 0.6 is 0 Å². The van der Waals surface area contributed by atoms with E-state index in [1.807, 2.05) is 4.90 Å². The van der Waals surface area contributed by atoms with E-state index in [-0.39, 0.29) is 17.7 Å². The van der Waals surface area contributed by atoms with Gasteiger partial charge in [-0.05, 0) is 68.0 Å². The molecule has 1 unspecified atom stereocenters. The molecule has 0 saturated carbocycles. The molecular weight excluding hydrogens is 565 g/mol. The summed E-state index contributed by atoms with van der Waals surface area (Å²) in [6, 6.07) is 9.01. The first-order chi connectivity index (χ1) is 20.6. The van der Waals surface area contributed by atoms with Gasteiger partial charge < -0.3 is 24.4 Å². The Hall–Kier alpha value is -4.06. The Morgan fingerprint density at radius 1 is 1.07 bits per heavy atom. The molecule has 3 aromatic rings. The number of carbonyl (C=O) groups excluding carboxylic acids is 1. The van der Waals surface area contributed by atoms with E-state index >= 15 is 0 Å². The van der Waals surface area contributed by atoms with Gasteiger partial charge in [0.05, 0.1) is 37.3 Å². The van der Waals surface area contributed by atoms with E-state index in [1.54, 1.807) is 18.2 Å². The zero-order valence-corrected chi connectivity index (χ0v) is 24.4. The molecular formula is C31H35F3N4O5. The molecule has 2 aromatic carbocycles. The fraction of sp³-hybridized carbons (Fsp3) is 0.452. The maximum Gasteiger partial charge on any atom is 0.418 e. The number of aromatic nitrogens is 2. The Morgan fingerprint density at radius 3 is 2.47 bits per heavy atom. The van der Waals surface area contributed by atoms with E-state index in [0.717, 1.165) is 16.3 Å². The number of alkyl halides is 3. The van der Waals surface area contributed by atoms with Crippen molar-refractivity contribution >= 4 is 11.6 Å². The number of methoxy groups -OCH3 is 2. The highest BCUT2D eigenvalue weighted by atomic mass is 19.4. The van der Waals surface area contributed by atoms with Crippen molar-refractivity contribution in [3.05, 3.63) is 63.4 Å². The van der Waals surface area contributed by atoms with Gasteiger partial charge in [-0.15, -0.1) is 0 Å². The largest absolute Gasteiger partial charge is 0.497 e. The monoisotopic (exact) mass is 600 g/mol. The SMILES string of the molecule is COc1cc(OC)cc(-c2nn(-c3cc(N4CCC(OCCCNC(C)=O)C4)ccc3C(F)(F)F)c(=O)c3c2CCC3)c1. The Balaban J connectivity index is 1.52. The van der Waals surface area contributed by atoms with Crippen LogP contribution in [0.1, 0.15) is 42.9 Å². The molecule has 0 radical (unpaired) electrons. The fourth-order valence-corrected chi connectivity index (χ4v) is 5.73. The Labute approximate surface area is 247 Å². The first-order valence-electron chi connectivity index (χ1n) is 14.3. The molecule has 2 heterocycles. The van der Waals surface area contributed by atoms with Crippen LogP contribution in [0.3, 0.4) is 0 Å². The highest BCUT2D eigenvalue weighted by molar-refractivity contribution is 5.72. The van der Waals surface area contributed by atoms with Crippen LogP contribution in [0.4, 0.5) is 18.9 Å². The molecule has 1 saturated heterocycles. The molecule has 0 spiro atoms. The average Bonchev–Trinajstić information content (AvgIpc) is 3.67. The number of ether oxygens (including phenoxy) is 3. The number of anilines is 1. The van der Waals surface area contributed by atoms with Crippen LogP contribution in [0.2, 0.25) is 0 Å². The molecule has 1 aliphatic carbocycles. The minimum atomic E-state index is -4.71. The number of benzene rings is 2. The standard InChI is InChI=1S/C31H35F3N4O5/c1-19(39)35-11-5-13-43-22-10-12-37(18-22)21-8-9-27(31(32,33)34)28(16-21)38-30(40)26-7-4-6-25(26)29(36-38)20-14-23(41-2)17-24(15-20)42-3/h8-9,14-17,22H,4-7,10-13,18H2,1-3H3,(H,35,39). The second-order valence-electron chi connectivity index (χ2n) is 10.7. The molecule has 230 valence electrons. The molecule has 12 heteroatoms. The summed E-state index contributed by atoms with van der Waals surface area (Å²) in [5.41, 5.74) is 0.964. The average molecular weight is 601 g/mol. The zero-order valence-electron chi connectivity index (χ0n) is 24.4.